The third kappa shape index (κ3) is 2.14. The van der Waals surface area contributed by atoms with Crippen LogP contribution in [0.5, 0.6) is 0 Å². The molecular formula is C12H18OS2. The maximum atomic E-state index is 11.5. The molecule has 3 heteroatoms. The van der Waals surface area contributed by atoms with Crippen LogP contribution in [0.2, 0.25) is 0 Å². The number of carbonyl (C=O) groups excluding carboxylic acids is 1. The first-order valence-corrected chi connectivity index (χ1v) is 7.62. The summed E-state index contributed by atoms with van der Waals surface area (Å²) in [6, 6.07) is 0. The van der Waals surface area contributed by atoms with Crippen molar-refractivity contribution in [2.24, 2.45) is 5.92 Å². The molecule has 0 amide bonds. The molecule has 0 N–H and O–H groups in total. The molecule has 2 aliphatic rings. The van der Waals surface area contributed by atoms with E-state index in [9.17, 15) is 4.79 Å². The molecule has 1 fully saturated rings. The molecule has 1 atom stereocenters. The predicted molar refractivity (Wildman–Crippen MR) is 69.4 cm³/mol. The van der Waals surface area contributed by atoms with Crippen molar-refractivity contribution >= 4 is 29.3 Å². The summed E-state index contributed by atoms with van der Waals surface area (Å²) in [7, 11) is 0. The number of Topliss-reactive ketones (excluding diaryl/α,β-unsaturated/α-hetero) is 1. The Bertz CT molecular complexity index is 290. The van der Waals surface area contributed by atoms with Crippen LogP contribution in [0.3, 0.4) is 0 Å². The van der Waals surface area contributed by atoms with E-state index in [1.54, 1.807) is 6.92 Å². The number of thioether (sulfide) groups is 2. The summed E-state index contributed by atoms with van der Waals surface area (Å²) in [4.78, 5) is 11.5. The third-order valence-electron chi connectivity index (χ3n) is 3.37. The van der Waals surface area contributed by atoms with Crippen LogP contribution in [-0.4, -0.2) is 21.4 Å². The Labute approximate surface area is 100 Å². The Morgan fingerprint density at radius 1 is 1.47 bits per heavy atom. The minimum absolute atomic E-state index is 0.272. The van der Waals surface area contributed by atoms with Crippen molar-refractivity contribution in [2.45, 2.75) is 37.2 Å². The summed E-state index contributed by atoms with van der Waals surface area (Å²) in [5, 5.41) is 0. The number of allylic oxidation sites excluding steroid dienone is 2. The van der Waals surface area contributed by atoms with Gasteiger partial charge in [-0.2, -0.15) is 0 Å². The SMILES string of the molecule is CC(=O)C1=CCCC2(SCCCS2)C1C. The number of hydrogen-bond acceptors (Lipinski definition) is 3. The van der Waals surface area contributed by atoms with Gasteiger partial charge in [-0.15, -0.1) is 23.5 Å². The van der Waals surface area contributed by atoms with Crippen LogP contribution in [0.1, 0.15) is 33.1 Å². The van der Waals surface area contributed by atoms with E-state index in [1.165, 1.54) is 24.3 Å². The summed E-state index contributed by atoms with van der Waals surface area (Å²) in [6.45, 7) is 3.94. The van der Waals surface area contributed by atoms with Gasteiger partial charge in [-0.05, 0) is 43.3 Å². The average molecular weight is 242 g/mol. The highest BCUT2D eigenvalue weighted by Crippen LogP contribution is 2.54. The van der Waals surface area contributed by atoms with Crippen LogP contribution in [0.4, 0.5) is 0 Å². The third-order valence-corrected chi connectivity index (χ3v) is 7.16. The molecule has 1 spiro atoms. The summed E-state index contributed by atoms with van der Waals surface area (Å²) in [5.41, 5.74) is 1.07. The Morgan fingerprint density at radius 3 is 2.73 bits per heavy atom. The lowest BCUT2D eigenvalue weighted by molar-refractivity contribution is -0.114. The van der Waals surface area contributed by atoms with Crippen LogP contribution >= 0.6 is 23.5 Å². The lowest BCUT2D eigenvalue weighted by atomic mass is 9.86. The highest BCUT2D eigenvalue weighted by Gasteiger charge is 2.42. The zero-order chi connectivity index (χ0) is 10.9. The van der Waals surface area contributed by atoms with Gasteiger partial charge in [0, 0.05) is 5.92 Å². The fraction of sp³-hybridized carbons (Fsp3) is 0.750. The van der Waals surface area contributed by atoms with E-state index < -0.39 is 0 Å². The Morgan fingerprint density at radius 2 is 2.13 bits per heavy atom. The summed E-state index contributed by atoms with van der Waals surface area (Å²) >= 11 is 4.17. The zero-order valence-corrected chi connectivity index (χ0v) is 11.0. The monoisotopic (exact) mass is 242 g/mol. The number of rotatable bonds is 1. The average Bonchev–Trinajstić information content (AvgIpc) is 2.23. The molecule has 0 aromatic carbocycles. The molecule has 1 nitrogen and oxygen atoms in total. The van der Waals surface area contributed by atoms with Crippen molar-refractivity contribution in [3.05, 3.63) is 11.6 Å². The van der Waals surface area contributed by atoms with E-state index in [0.29, 0.717) is 10.00 Å². The molecule has 1 heterocycles. The molecule has 0 saturated carbocycles. The second-order valence-corrected chi connectivity index (χ2v) is 7.45. The van der Waals surface area contributed by atoms with Gasteiger partial charge in [0.15, 0.2) is 5.78 Å². The van der Waals surface area contributed by atoms with Gasteiger partial charge in [-0.3, -0.25) is 4.79 Å². The van der Waals surface area contributed by atoms with E-state index in [2.05, 4.69) is 36.5 Å². The first-order valence-electron chi connectivity index (χ1n) is 5.64. The summed E-state index contributed by atoms with van der Waals surface area (Å²) < 4.78 is 0.313. The van der Waals surface area contributed by atoms with Crippen LogP contribution in [0, 0.1) is 5.92 Å². The van der Waals surface area contributed by atoms with Crippen molar-refractivity contribution < 1.29 is 4.79 Å². The molecule has 84 valence electrons. The topological polar surface area (TPSA) is 17.1 Å². The molecule has 1 aliphatic carbocycles. The van der Waals surface area contributed by atoms with Gasteiger partial charge < -0.3 is 0 Å². The molecule has 0 bridgehead atoms. The minimum atomic E-state index is 0.272. The van der Waals surface area contributed by atoms with E-state index >= 15 is 0 Å². The first kappa shape index (κ1) is 11.6. The lowest BCUT2D eigenvalue weighted by Gasteiger charge is -2.43. The van der Waals surface area contributed by atoms with Crippen molar-refractivity contribution in [1.29, 1.82) is 0 Å². The van der Waals surface area contributed by atoms with Crippen molar-refractivity contribution in [1.82, 2.24) is 0 Å². The van der Waals surface area contributed by atoms with Gasteiger partial charge in [0.25, 0.3) is 0 Å². The van der Waals surface area contributed by atoms with Gasteiger partial charge in [0.2, 0.25) is 0 Å². The van der Waals surface area contributed by atoms with Crippen LogP contribution in [-0.2, 0) is 4.79 Å². The minimum Gasteiger partial charge on any atom is -0.295 e. The normalized spacial score (nSPS) is 30.0. The Kier molecular flexibility index (Phi) is 3.51. The summed E-state index contributed by atoms with van der Waals surface area (Å²) in [5.74, 6) is 3.23. The van der Waals surface area contributed by atoms with E-state index in [4.69, 9.17) is 0 Å². The van der Waals surface area contributed by atoms with E-state index in [1.807, 2.05) is 0 Å². The predicted octanol–water partition coefficient (Wildman–Crippen LogP) is 3.50. The fourth-order valence-electron chi connectivity index (χ4n) is 2.49. The molecule has 0 aromatic heterocycles. The molecule has 2 rings (SSSR count). The van der Waals surface area contributed by atoms with E-state index in [0.717, 1.165) is 12.0 Å². The number of carbonyl (C=O) groups is 1. The molecule has 1 saturated heterocycles. The molecule has 1 unspecified atom stereocenters. The molecule has 15 heavy (non-hydrogen) atoms. The van der Waals surface area contributed by atoms with Gasteiger partial charge in [0.1, 0.15) is 0 Å². The quantitative estimate of drug-likeness (QED) is 0.700. The smallest absolute Gasteiger partial charge is 0.155 e. The highest BCUT2D eigenvalue weighted by molar-refractivity contribution is 8.18. The largest absolute Gasteiger partial charge is 0.295 e. The maximum Gasteiger partial charge on any atom is 0.155 e. The Balaban J connectivity index is 2.21. The highest BCUT2D eigenvalue weighted by atomic mass is 32.2. The zero-order valence-electron chi connectivity index (χ0n) is 9.41. The first-order chi connectivity index (χ1) is 7.16. The van der Waals surface area contributed by atoms with Gasteiger partial charge in [0.05, 0.1) is 4.08 Å². The molecule has 0 aromatic rings. The molecule has 0 radical (unpaired) electrons. The van der Waals surface area contributed by atoms with Crippen molar-refractivity contribution in [3.63, 3.8) is 0 Å². The van der Waals surface area contributed by atoms with Gasteiger partial charge in [-0.25, -0.2) is 0 Å². The lowest BCUT2D eigenvalue weighted by Crippen LogP contribution is -2.37. The second kappa shape index (κ2) is 4.54. The van der Waals surface area contributed by atoms with Gasteiger partial charge in [-0.1, -0.05) is 13.0 Å². The fourth-order valence-corrected chi connectivity index (χ4v) is 6.06. The standard InChI is InChI=1S/C12H18OS2/c1-9-11(10(2)13)5-3-6-12(9)14-7-4-8-15-12/h5,9H,3-4,6-8H2,1-2H3. The second-order valence-electron chi connectivity index (χ2n) is 4.34. The molecule has 1 aliphatic heterocycles. The summed E-state index contributed by atoms with van der Waals surface area (Å²) in [6.07, 6.45) is 5.80. The number of hydrogen-bond donors (Lipinski definition) is 0. The number of ketones is 1. The maximum absolute atomic E-state index is 11.5. The van der Waals surface area contributed by atoms with E-state index in [-0.39, 0.29) is 5.78 Å². The Hall–Kier alpha value is 0.110. The van der Waals surface area contributed by atoms with Crippen molar-refractivity contribution in [2.75, 3.05) is 11.5 Å². The van der Waals surface area contributed by atoms with Crippen LogP contribution in [0.25, 0.3) is 0 Å². The van der Waals surface area contributed by atoms with Crippen LogP contribution < -0.4 is 0 Å². The van der Waals surface area contributed by atoms with Crippen LogP contribution in [0.15, 0.2) is 11.6 Å². The van der Waals surface area contributed by atoms with Gasteiger partial charge >= 0.3 is 0 Å². The van der Waals surface area contributed by atoms with Crippen molar-refractivity contribution in [3.8, 4) is 0 Å². The molecular weight excluding hydrogens is 224 g/mol.